The molecule has 0 aliphatic heterocycles. The molecular formula is C8H8F3N3OS. The van der Waals surface area contributed by atoms with Crippen LogP contribution in [-0.4, -0.2) is 28.7 Å². The van der Waals surface area contributed by atoms with E-state index in [2.05, 4.69) is 15.3 Å². The maximum Gasteiger partial charge on any atom is 0.433 e. The van der Waals surface area contributed by atoms with Crippen molar-refractivity contribution in [2.24, 2.45) is 0 Å². The molecule has 0 unspecified atom stereocenters. The van der Waals surface area contributed by atoms with Crippen LogP contribution in [0.4, 0.5) is 13.2 Å². The molecule has 4 nitrogen and oxygen atoms in total. The van der Waals surface area contributed by atoms with Gasteiger partial charge in [0.25, 0.3) is 0 Å². The molecule has 0 aliphatic carbocycles. The molecule has 0 radical (unpaired) electrons. The molecule has 0 fully saturated rings. The second kappa shape index (κ2) is 5.15. The van der Waals surface area contributed by atoms with Crippen LogP contribution in [-0.2, 0) is 11.0 Å². The van der Waals surface area contributed by atoms with E-state index in [0.29, 0.717) is 0 Å². The van der Waals surface area contributed by atoms with Crippen molar-refractivity contribution in [3.05, 3.63) is 18.0 Å². The maximum absolute atomic E-state index is 12.3. The highest BCUT2D eigenvalue weighted by Gasteiger charge is 2.32. The minimum Gasteiger partial charge on any atom is -0.358 e. The summed E-state index contributed by atoms with van der Waals surface area (Å²) in [5.74, 6) is -0.316. The molecule has 0 saturated heterocycles. The number of halogens is 3. The largest absolute Gasteiger partial charge is 0.433 e. The first-order valence-corrected chi connectivity index (χ1v) is 5.15. The quantitative estimate of drug-likeness (QED) is 0.650. The number of rotatable bonds is 3. The van der Waals surface area contributed by atoms with Crippen molar-refractivity contribution in [2.75, 3.05) is 12.8 Å². The Balaban J connectivity index is 2.72. The van der Waals surface area contributed by atoms with Gasteiger partial charge in [-0.15, -0.1) is 0 Å². The highest BCUT2D eigenvalue weighted by Crippen LogP contribution is 2.28. The number of aromatic nitrogens is 2. The van der Waals surface area contributed by atoms with E-state index in [4.69, 9.17) is 0 Å². The fourth-order valence-corrected chi connectivity index (χ4v) is 1.47. The van der Waals surface area contributed by atoms with Crippen LogP contribution in [0.3, 0.4) is 0 Å². The molecule has 8 heteroatoms. The van der Waals surface area contributed by atoms with Crippen LogP contribution in [0.2, 0.25) is 0 Å². The van der Waals surface area contributed by atoms with Gasteiger partial charge in [-0.3, -0.25) is 4.79 Å². The number of alkyl halides is 3. The van der Waals surface area contributed by atoms with Gasteiger partial charge < -0.3 is 5.32 Å². The summed E-state index contributed by atoms with van der Waals surface area (Å²) in [5.41, 5.74) is -1.01. The number of hydrogen-bond acceptors (Lipinski definition) is 4. The van der Waals surface area contributed by atoms with Gasteiger partial charge in [0.05, 0.1) is 5.75 Å². The normalized spacial score (nSPS) is 11.2. The van der Waals surface area contributed by atoms with E-state index in [9.17, 15) is 18.0 Å². The molecule has 88 valence electrons. The zero-order valence-corrected chi connectivity index (χ0v) is 9.02. The summed E-state index contributed by atoms with van der Waals surface area (Å²) in [6.45, 7) is 0. The molecule has 1 aromatic rings. The van der Waals surface area contributed by atoms with Gasteiger partial charge >= 0.3 is 6.18 Å². The predicted molar refractivity (Wildman–Crippen MR) is 51.8 cm³/mol. The van der Waals surface area contributed by atoms with Gasteiger partial charge in [0, 0.05) is 13.2 Å². The first kappa shape index (κ1) is 12.8. The molecule has 1 rings (SSSR count). The van der Waals surface area contributed by atoms with E-state index in [1.807, 2.05) is 0 Å². The third-order valence-corrected chi connectivity index (χ3v) is 2.40. The average molecular weight is 251 g/mol. The maximum atomic E-state index is 12.3. The number of amides is 1. The van der Waals surface area contributed by atoms with Crippen molar-refractivity contribution >= 4 is 17.7 Å². The SMILES string of the molecule is CNC(=O)CSc1nccc(C(F)(F)F)n1. The summed E-state index contributed by atoms with van der Waals surface area (Å²) in [6, 6.07) is 0.782. The van der Waals surface area contributed by atoms with E-state index < -0.39 is 11.9 Å². The molecule has 0 spiro atoms. The average Bonchev–Trinajstić information content (AvgIpc) is 2.25. The Morgan fingerprint density at radius 2 is 2.25 bits per heavy atom. The Morgan fingerprint density at radius 1 is 1.56 bits per heavy atom. The number of nitrogens with zero attached hydrogens (tertiary/aromatic N) is 2. The molecule has 1 N–H and O–H groups in total. The minimum atomic E-state index is -4.49. The molecule has 0 bridgehead atoms. The van der Waals surface area contributed by atoms with Crippen LogP contribution in [0.15, 0.2) is 17.4 Å². The molecular weight excluding hydrogens is 243 g/mol. The van der Waals surface area contributed by atoms with Crippen LogP contribution in [0.1, 0.15) is 5.69 Å². The summed E-state index contributed by atoms with van der Waals surface area (Å²) in [6.07, 6.45) is -3.48. The van der Waals surface area contributed by atoms with Gasteiger partial charge in [-0.1, -0.05) is 11.8 Å². The molecule has 0 saturated carbocycles. The van der Waals surface area contributed by atoms with E-state index in [1.165, 1.54) is 7.05 Å². The van der Waals surface area contributed by atoms with Crippen LogP contribution in [0.5, 0.6) is 0 Å². The molecule has 0 atom stereocenters. The van der Waals surface area contributed by atoms with Gasteiger partial charge in [0.1, 0.15) is 5.69 Å². The van der Waals surface area contributed by atoms with Crippen LogP contribution in [0.25, 0.3) is 0 Å². The molecule has 1 aromatic heterocycles. The first-order valence-electron chi connectivity index (χ1n) is 4.17. The van der Waals surface area contributed by atoms with Crippen LogP contribution in [0, 0.1) is 0 Å². The standard InChI is InChI=1S/C8H8F3N3OS/c1-12-6(15)4-16-7-13-3-2-5(14-7)8(9,10)11/h2-3H,4H2,1H3,(H,12,15). The molecule has 1 amide bonds. The Labute approximate surface area is 93.7 Å². The first-order chi connectivity index (χ1) is 7.43. The second-order valence-corrected chi connectivity index (χ2v) is 3.63. The van der Waals surface area contributed by atoms with Crippen molar-refractivity contribution in [1.82, 2.24) is 15.3 Å². The molecule has 0 aromatic carbocycles. The zero-order valence-electron chi connectivity index (χ0n) is 8.21. The number of carbonyl (C=O) groups excluding carboxylic acids is 1. The van der Waals surface area contributed by atoms with Gasteiger partial charge in [0.15, 0.2) is 5.16 Å². The van der Waals surface area contributed by atoms with Crippen molar-refractivity contribution in [2.45, 2.75) is 11.3 Å². The van der Waals surface area contributed by atoms with Gasteiger partial charge in [-0.25, -0.2) is 9.97 Å². The van der Waals surface area contributed by atoms with Crippen molar-refractivity contribution in [3.8, 4) is 0 Å². The third kappa shape index (κ3) is 3.69. The monoisotopic (exact) mass is 251 g/mol. The lowest BCUT2D eigenvalue weighted by molar-refractivity contribution is -0.141. The lowest BCUT2D eigenvalue weighted by Crippen LogP contribution is -2.20. The van der Waals surface area contributed by atoms with Crippen molar-refractivity contribution in [3.63, 3.8) is 0 Å². The van der Waals surface area contributed by atoms with Gasteiger partial charge in [0.2, 0.25) is 5.91 Å². The summed E-state index contributed by atoms with van der Waals surface area (Å²) in [4.78, 5) is 17.8. The van der Waals surface area contributed by atoms with Gasteiger partial charge in [-0.05, 0) is 6.07 Å². The summed E-state index contributed by atoms with van der Waals surface area (Å²) < 4.78 is 36.8. The van der Waals surface area contributed by atoms with E-state index in [0.717, 1.165) is 24.0 Å². The summed E-state index contributed by atoms with van der Waals surface area (Å²) in [7, 11) is 1.44. The fourth-order valence-electron chi connectivity index (χ4n) is 0.770. The number of thioether (sulfide) groups is 1. The third-order valence-electron chi connectivity index (χ3n) is 1.54. The highest BCUT2D eigenvalue weighted by molar-refractivity contribution is 7.99. The molecule has 1 heterocycles. The van der Waals surface area contributed by atoms with Gasteiger partial charge in [-0.2, -0.15) is 13.2 Å². The number of carbonyl (C=O) groups is 1. The Bertz CT molecular complexity index is 383. The summed E-state index contributed by atoms with van der Waals surface area (Å²) in [5, 5.41) is 2.27. The topological polar surface area (TPSA) is 54.9 Å². The lowest BCUT2D eigenvalue weighted by Gasteiger charge is -2.06. The Hall–Kier alpha value is -1.31. The summed E-state index contributed by atoms with van der Waals surface area (Å²) >= 11 is 0.849. The Kier molecular flexibility index (Phi) is 4.11. The van der Waals surface area contributed by atoms with E-state index >= 15 is 0 Å². The van der Waals surface area contributed by atoms with Crippen molar-refractivity contribution < 1.29 is 18.0 Å². The highest BCUT2D eigenvalue weighted by atomic mass is 32.2. The molecule has 16 heavy (non-hydrogen) atoms. The molecule has 0 aliphatic rings. The van der Waals surface area contributed by atoms with E-state index in [1.54, 1.807) is 0 Å². The second-order valence-electron chi connectivity index (χ2n) is 2.68. The van der Waals surface area contributed by atoms with Crippen LogP contribution < -0.4 is 5.32 Å². The predicted octanol–water partition coefficient (Wildman–Crippen LogP) is 1.33. The Morgan fingerprint density at radius 3 is 2.81 bits per heavy atom. The zero-order chi connectivity index (χ0) is 12.2. The number of hydrogen-bond donors (Lipinski definition) is 1. The minimum absolute atomic E-state index is 0.0161. The van der Waals surface area contributed by atoms with Crippen LogP contribution >= 0.6 is 11.8 Å². The fraction of sp³-hybridized carbons (Fsp3) is 0.375. The number of nitrogens with one attached hydrogen (secondary N) is 1. The van der Waals surface area contributed by atoms with E-state index in [-0.39, 0.29) is 16.8 Å². The lowest BCUT2D eigenvalue weighted by atomic mass is 10.4. The van der Waals surface area contributed by atoms with Crippen molar-refractivity contribution in [1.29, 1.82) is 0 Å². The smallest absolute Gasteiger partial charge is 0.358 e.